The van der Waals surface area contributed by atoms with E-state index in [1.165, 1.54) is 0 Å². The van der Waals surface area contributed by atoms with Gasteiger partial charge in [0.2, 0.25) is 0 Å². The molecule has 0 amide bonds. The molecule has 154 valence electrons. The molecule has 0 aromatic carbocycles. The summed E-state index contributed by atoms with van der Waals surface area (Å²) in [5.41, 5.74) is 0.782. The van der Waals surface area contributed by atoms with Crippen LogP contribution in [-0.4, -0.2) is 12.6 Å². The number of Topliss-reactive ketones (excluding diaryl/α,β-unsaturated/α-hetero) is 1. The molecule has 0 spiro atoms. The molecular formula is C22H45O2Y2-3. The van der Waals surface area contributed by atoms with Crippen LogP contribution in [0.5, 0.6) is 0 Å². The van der Waals surface area contributed by atoms with Crippen molar-refractivity contribution in [3.63, 3.8) is 0 Å². The van der Waals surface area contributed by atoms with Gasteiger partial charge in [-0.3, -0.25) is 11.6 Å². The number of rotatable bonds is 2. The molecule has 0 fully saturated rings. The Morgan fingerprint density at radius 3 is 0.808 bits per heavy atom. The van der Waals surface area contributed by atoms with Crippen molar-refractivity contribution in [1.29, 1.82) is 0 Å². The molecule has 0 aliphatic rings. The van der Waals surface area contributed by atoms with Crippen LogP contribution in [0.1, 0.15) is 95.9 Å². The van der Waals surface area contributed by atoms with Gasteiger partial charge in [-0.15, -0.1) is 0 Å². The molecule has 0 unspecified atom stereocenters. The Kier molecular flexibility index (Phi) is 29.9. The van der Waals surface area contributed by atoms with Crippen molar-refractivity contribution in [3.8, 4) is 0 Å². The van der Waals surface area contributed by atoms with E-state index in [0.29, 0.717) is 18.6 Å². The molecule has 0 aliphatic heterocycles. The Morgan fingerprint density at radius 1 is 0.615 bits per heavy atom. The Morgan fingerprint density at radius 2 is 0.731 bits per heavy atom. The van der Waals surface area contributed by atoms with Crippen molar-refractivity contribution in [2.45, 2.75) is 95.9 Å². The molecule has 0 aliphatic carbocycles. The number of carbonyl (C=O) groups excluding carboxylic acids is 2. The van der Waals surface area contributed by atoms with Gasteiger partial charge in [-0.2, -0.15) is 10.8 Å². The van der Waals surface area contributed by atoms with E-state index >= 15 is 0 Å². The van der Waals surface area contributed by atoms with E-state index in [-0.39, 0.29) is 87.1 Å². The molecule has 0 saturated carbocycles. The van der Waals surface area contributed by atoms with Crippen molar-refractivity contribution < 1.29 is 75.0 Å². The Labute approximate surface area is 217 Å². The molecule has 0 saturated heterocycles. The zero-order valence-corrected chi connectivity index (χ0v) is 25.6. The average molecular weight is 519 g/mol. The average Bonchev–Trinajstić information content (AvgIpc) is 2.07. The fourth-order valence-electron chi connectivity index (χ4n) is 1.25. The van der Waals surface area contributed by atoms with E-state index in [4.69, 9.17) is 4.79 Å². The first-order valence-corrected chi connectivity index (χ1v) is 8.56. The smallest absolute Gasteiger partial charge is 0.133 e. The minimum atomic E-state index is 0. The predicted octanol–water partition coefficient (Wildman–Crippen LogP) is 6.88. The summed E-state index contributed by atoms with van der Waals surface area (Å²) in [6.07, 6.45) is 1.40. The van der Waals surface area contributed by atoms with Crippen molar-refractivity contribution in [2.24, 2.45) is 21.7 Å². The number of ketones is 1. The van der Waals surface area contributed by atoms with Crippen LogP contribution < -0.4 is 0 Å². The fraction of sp³-hybridized carbons (Fsp3) is 0.818. The summed E-state index contributed by atoms with van der Waals surface area (Å²) in [5, 5.41) is 0. The first kappa shape index (κ1) is 41.8. The van der Waals surface area contributed by atoms with E-state index in [2.05, 4.69) is 104 Å². The third-order valence-electron chi connectivity index (χ3n) is 1.45. The second-order valence-electron chi connectivity index (χ2n) is 11.1. The van der Waals surface area contributed by atoms with Crippen LogP contribution >= 0.6 is 0 Å². The molecule has 2 nitrogen and oxygen atoms in total. The van der Waals surface area contributed by atoms with Crippen LogP contribution in [0.3, 0.4) is 0 Å². The van der Waals surface area contributed by atoms with Gasteiger partial charge in [-0.1, -0.05) is 83.1 Å². The fourth-order valence-corrected chi connectivity index (χ4v) is 1.25. The first-order chi connectivity index (χ1) is 10.1. The largest absolute Gasteiger partial charge is 0.545 e. The third-order valence-corrected chi connectivity index (χ3v) is 1.45. The van der Waals surface area contributed by atoms with Gasteiger partial charge >= 0.3 is 0 Å². The maximum Gasteiger partial charge on any atom is 0.133 e. The summed E-state index contributed by atoms with van der Waals surface area (Å²) < 4.78 is 0. The van der Waals surface area contributed by atoms with Crippen LogP contribution in [-0.2, 0) is 75.0 Å². The normalized spacial score (nSPS) is 10.8. The van der Waals surface area contributed by atoms with Gasteiger partial charge in [0.25, 0.3) is 0 Å². The summed E-state index contributed by atoms with van der Waals surface area (Å²) in [5.74, 6) is 0.384. The zero-order chi connectivity index (χ0) is 21.0. The van der Waals surface area contributed by atoms with Gasteiger partial charge in [0.05, 0.1) is 0 Å². The first-order valence-electron chi connectivity index (χ1n) is 8.56. The van der Waals surface area contributed by atoms with Crippen LogP contribution in [0.4, 0.5) is 0 Å². The standard InChI is InChI=1S/C11H22O.2C5H11.CHO.2Y/c1-10(2,3)7-9(12)8-11(4,5)6;2*1-5(2,3)4;1-2;;/h7-8H2,1-6H3;2*1H2,2-4H3;1H;;/q;3*-1;;. The quantitative estimate of drug-likeness (QED) is 0.295. The number of hydrogen-bond acceptors (Lipinski definition) is 2. The second kappa shape index (κ2) is 18.6. The molecule has 0 aromatic rings. The van der Waals surface area contributed by atoms with Crippen LogP contribution in [0.15, 0.2) is 0 Å². The molecule has 26 heavy (non-hydrogen) atoms. The van der Waals surface area contributed by atoms with Crippen molar-refractivity contribution in [2.75, 3.05) is 0 Å². The monoisotopic (exact) mass is 519 g/mol. The topological polar surface area (TPSA) is 34.1 Å². The van der Waals surface area contributed by atoms with Gasteiger partial charge in [-0.25, -0.2) is 0 Å². The minimum Gasteiger partial charge on any atom is -0.545 e. The summed E-state index contributed by atoms with van der Waals surface area (Å²) in [6, 6.07) is 0. The summed E-state index contributed by atoms with van der Waals surface area (Å²) >= 11 is 0. The molecule has 0 bridgehead atoms. The van der Waals surface area contributed by atoms with Gasteiger partial charge in [-0.05, 0) is 10.8 Å². The Balaban J connectivity index is -0.0000000604. The van der Waals surface area contributed by atoms with Crippen LogP contribution in [0.2, 0.25) is 0 Å². The Hall–Kier alpha value is 1.55. The van der Waals surface area contributed by atoms with E-state index in [0.717, 1.165) is 0 Å². The van der Waals surface area contributed by atoms with Crippen LogP contribution in [0.25, 0.3) is 0 Å². The molecule has 0 atom stereocenters. The van der Waals surface area contributed by atoms with E-state index in [1.54, 1.807) is 0 Å². The van der Waals surface area contributed by atoms with Gasteiger partial charge in [0.15, 0.2) is 0 Å². The van der Waals surface area contributed by atoms with Crippen molar-refractivity contribution >= 4 is 12.6 Å². The zero-order valence-electron chi connectivity index (χ0n) is 19.9. The number of carbonyl (C=O) groups is 1. The molecular weight excluding hydrogens is 474 g/mol. The van der Waals surface area contributed by atoms with Crippen LogP contribution in [0, 0.1) is 35.5 Å². The number of hydrogen-bond donors (Lipinski definition) is 0. The minimum absolute atomic E-state index is 0. The van der Waals surface area contributed by atoms with Gasteiger partial charge in [0.1, 0.15) is 5.78 Å². The SMILES string of the molecule is CC(C)(C)CC(=O)CC(C)(C)C.[CH-]=O.[CH2-]C(C)(C)C.[CH2-]C(C)(C)C.[Y].[Y]. The maximum atomic E-state index is 11.5. The van der Waals surface area contributed by atoms with E-state index in [9.17, 15) is 4.79 Å². The molecule has 0 heterocycles. The second-order valence-corrected chi connectivity index (χ2v) is 11.1. The Bertz CT molecular complexity index is 269. The van der Waals surface area contributed by atoms with E-state index < -0.39 is 0 Å². The third kappa shape index (κ3) is 115. The molecule has 2 radical (unpaired) electrons. The molecule has 0 aromatic heterocycles. The molecule has 0 N–H and O–H groups in total. The van der Waals surface area contributed by atoms with Crippen molar-refractivity contribution in [3.05, 3.63) is 13.8 Å². The van der Waals surface area contributed by atoms with E-state index in [1.807, 2.05) is 0 Å². The maximum absolute atomic E-state index is 11.5. The van der Waals surface area contributed by atoms with Gasteiger partial charge in [0, 0.05) is 78.3 Å². The summed E-state index contributed by atoms with van der Waals surface area (Å²) in [7, 11) is 0. The summed E-state index contributed by atoms with van der Waals surface area (Å²) in [4.78, 5) is 19.2. The predicted molar refractivity (Wildman–Crippen MR) is 110 cm³/mol. The van der Waals surface area contributed by atoms with Crippen molar-refractivity contribution in [1.82, 2.24) is 0 Å². The molecule has 4 heteroatoms. The van der Waals surface area contributed by atoms with Gasteiger partial charge < -0.3 is 18.6 Å². The molecule has 0 rings (SSSR count). The summed E-state index contributed by atoms with van der Waals surface area (Å²) in [6.45, 7) is 35.9.